The lowest BCUT2D eigenvalue weighted by Gasteiger charge is -1.97. The highest BCUT2D eigenvalue weighted by atomic mass is 16.6. The molecule has 0 rings (SSSR count). The molecule has 8 nitrogen and oxygen atoms in total. The van der Waals surface area contributed by atoms with Crippen LogP contribution in [0.2, 0.25) is 0 Å². The molecule has 0 unspecified atom stereocenters. The van der Waals surface area contributed by atoms with Crippen molar-refractivity contribution in [1.29, 1.82) is 0 Å². The normalized spacial score (nSPS) is 9.11. The lowest BCUT2D eigenvalue weighted by atomic mass is 10.3. The lowest BCUT2D eigenvalue weighted by molar-refractivity contribution is -0.153. The van der Waals surface area contributed by atoms with Crippen molar-refractivity contribution in [2.75, 3.05) is 26.8 Å². The monoisotopic (exact) mass is 268 g/mol. The second kappa shape index (κ2) is 15.8. The standard InChI is InChI=1S/2C5H10O4/c2*6-3-1-2-5(8)9-4-7/h2*6-7H,1-4H2. The van der Waals surface area contributed by atoms with Crippen molar-refractivity contribution in [3.05, 3.63) is 0 Å². The molecule has 108 valence electrons. The molecule has 0 heterocycles. The van der Waals surface area contributed by atoms with Gasteiger partial charge in [-0.15, -0.1) is 0 Å². The van der Waals surface area contributed by atoms with Crippen LogP contribution in [-0.2, 0) is 19.1 Å². The minimum Gasteiger partial charge on any atom is -0.439 e. The highest BCUT2D eigenvalue weighted by Crippen LogP contribution is 1.90. The van der Waals surface area contributed by atoms with Crippen LogP contribution in [-0.4, -0.2) is 59.2 Å². The van der Waals surface area contributed by atoms with Crippen LogP contribution in [0.15, 0.2) is 0 Å². The molecule has 0 radical (unpaired) electrons. The SMILES string of the molecule is O=C(CCCO)OCO.O=C(CCCO)OCO. The van der Waals surface area contributed by atoms with Crippen molar-refractivity contribution in [1.82, 2.24) is 0 Å². The van der Waals surface area contributed by atoms with E-state index in [0.29, 0.717) is 12.8 Å². The maximum absolute atomic E-state index is 10.3. The molecule has 0 saturated heterocycles. The number of hydrogen-bond donors (Lipinski definition) is 4. The van der Waals surface area contributed by atoms with Crippen LogP contribution in [0.3, 0.4) is 0 Å². The average molecular weight is 268 g/mol. The molecule has 0 aliphatic carbocycles. The van der Waals surface area contributed by atoms with Gasteiger partial charge in [-0.3, -0.25) is 9.59 Å². The Morgan fingerprint density at radius 1 is 0.722 bits per heavy atom. The first-order chi connectivity index (χ1) is 8.62. The number of ether oxygens (including phenoxy) is 2. The molecule has 0 aliphatic heterocycles. The van der Waals surface area contributed by atoms with Crippen molar-refractivity contribution in [3.63, 3.8) is 0 Å². The first-order valence-electron chi connectivity index (χ1n) is 5.37. The van der Waals surface area contributed by atoms with E-state index in [1.165, 1.54) is 0 Å². The van der Waals surface area contributed by atoms with Crippen LogP contribution in [0.4, 0.5) is 0 Å². The predicted molar refractivity (Wildman–Crippen MR) is 59.0 cm³/mol. The van der Waals surface area contributed by atoms with Gasteiger partial charge in [0.2, 0.25) is 0 Å². The molecule has 0 aliphatic rings. The van der Waals surface area contributed by atoms with Gasteiger partial charge in [0, 0.05) is 26.1 Å². The molecule has 0 amide bonds. The van der Waals surface area contributed by atoms with E-state index in [2.05, 4.69) is 9.47 Å². The van der Waals surface area contributed by atoms with Gasteiger partial charge in [-0.05, 0) is 12.8 Å². The van der Waals surface area contributed by atoms with Crippen molar-refractivity contribution in [3.8, 4) is 0 Å². The zero-order valence-electron chi connectivity index (χ0n) is 10.1. The molecule has 0 aromatic heterocycles. The number of hydrogen-bond acceptors (Lipinski definition) is 8. The van der Waals surface area contributed by atoms with E-state index in [-0.39, 0.29) is 26.1 Å². The average Bonchev–Trinajstić information content (AvgIpc) is 2.35. The summed E-state index contributed by atoms with van der Waals surface area (Å²) in [6, 6.07) is 0. The first kappa shape index (κ1) is 19.1. The van der Waals surface area contributed by atoms with E-state index in [0.717, 1.165) is 0 Å². The smallest absolute Gasteiger partial charge is 0.307 e. The molecule has 8 heteroatoms. The Balaban J connectivity index is 0. The number of carbonyl (C=O) groups is 2. The fraction of sp³-hybridized carbons (Fsp3) is 0.800. The van der Waals surface area contributed by atoms with Crippen LogP contribution in [0.5, 0.6) is 0 Å². The van der Waals surface area contributed by atoms with E-state index in [4.69, 9.17) is 20.4 Å². The van der Waals surface area contributed by atoms with Gasteiger partial charge < -0.3 is 29.9 Å². The summed E-state index contributed by atoms with van der Waals surface area (Å²) in [6.45, 7) is -1.21. The summed E-state index contributed by atoms with van der Waals surface area (Å²) in [6.07, 6.45) is 1.10. The molecule has 4 N–H and O–H groups in total. The number of esters is 2. The molecule has 0 bridgehead atoms. The number of aliphatic hydroxyl groups is 4. The highest BCUT2D eigenvalue weighted by molar-refractivity contribution is 5.69. The molecule has 0 aromatic rings. The van der Waals surface area contributed by atoms with E-state index in [1.807, 2.05) is 0 Å². The van der Waals surface area contributed by atoms with Gasteiger partial charge in [-0.2, -0.15) is 0 Å². The highest BCUT2D eigenvalue weighted by Gasteiger charge is 1.99. The summed E-state index contributed by atoms with van der Waals surface area (Å²) in [5.41, 5.74) is 0. The summed E-state index contributed by atoms with van der Waals surface area (Å²) >= 11 is 0. The van der Waals surface area contributed by atoms with Gasteiger partial charge >= 0.3 is 11.9 Å². The second-order valence-electron chi connectivity index (χ2n) is 2.95. The van der Waals surface area contributed by atoms with Crippen LogP contribution in [0.1, 0.15) is 25.7 Å². The summed E-state index contributed by atoms with van der Waals surface area (Å²) in [4.78, 5) is 20.6. The zero-order chi connectivity index (χ0) is 14.2. The number of aliphatic hydroxyl groups excluding tert-OH is 4. The zero-order valence-corrected chi connectivity index (χ0v) is 10.1. The predicted octanol–water partition coefficient (Wildman–Crippen LogP) is -1.50. The maximum atomic E-state index is 10.3. The first-order valence-corrected chi connectivity index (χ1v) is 5.37. The molecule has 0 saturated carbocycles. The molecule has 18 heavy (non-hydrogen) atoms. The van der Waals surface area contributed by atoms with Crippen molar-refractivity contribution >= 4 is 11.9 Å². The molecule has 0 fully saturated rings. The van der Waals surface area contributed by atoms with Crippen LogP contribution in [0.25, 0.3) is 0 Å². The van der Waals surface area contributed by atoms with Gasteiger partial charge in [-0.1, -0.05) is 0 Å². The van der Waals surface area contributed by atoms with Gasteiger partial charge in [0.25, 0.3) is 0 Å². The maximum Gasteiger partial charge on any atom is 0.307 e. The van der Waals surface area contributed by atoms with Gasteiger partial charge in [0.15, 0.2) is 13.6 Å². The van der Waals surface area contributed by atoms with E-state index >= 15 is 0 Å². The van der Waals surface area contributed by atoms with Crippen molar-refractivity contribution in [2.24, 2.45) is 0 Å². The quantitative estimate of drug-likeness (QED) is 0.309. The fourth-order valence-electron chi connectivity index (χ4n) is 0.735. The molecule has 0 atom stereocenters. The Labute approximate surface area is 105 Å². The molecule has 0 spiro atoms. The van der Waals surface area contributed by atoms with E-state index in [1.54, 1.807) is 0 Å². The third-order valence-electron chi connectivity index (χ3n) is 1.53. The minimum atomic E-state index is -0.579. The summed E-state index contributed by atoms with van der Waals surface area (Å²) < 4.78 is 8.30. The third-order valence-corrected chi connectivity index (χ3v) is 1.53. The fourth-order valence-corrected chi connectivity index (χ4v) is 0.735. The van der Waals surface area contributed by atoms with Crippen molar-refractivity contribution in [2.45, 2.75) is 25.7 Å². The van der Waals surface area contributed by atoms with Crippen LogP contribution >= 0.6 is 0 Å². The van der Waals surface area contributed by atoms with Crippen LogP contribution in [0, 0.1) is 0 Å². The number of carbonyl (C=O) groups excluding carboxylic acids is 2. The Hall–Kier alpha value is -1.22. The largest absolute Gasteiger partial charge is 0.439 e. The number of rotatable bonds is 8. The molecule has 0 aromatic carbocycles. The minimum absolute atomic E-state index is 0.0273. The topological polar surface area (TPSA) is 134 Å². The molecular formula is C10H20O8. The van der Waals surface area contributed by atoms with Gasteiger partial charge in [0.1, 0.15) is 0 Å². The second-order valence-corrected chi connectivity index (χ2v) is 2.95. The van der Waals surface area contributed by atoms with E-state index in [9.17, 15) is 9.59 Å². The van der Waals surface area contributed by atoms with Gasteiger partial charge in [0.05, 0.1) is 0 Å². The summed E-state index contributed by atoms with van der Waals surface area (Å²) in [5, 5.41) is 32.5. The summed E-state index contributed by atoms with van der Waals surface area (Å²) in [7, 11) is 0. The molecular weight excluding hydrogens is 248 g/mol. The van der Waals surface area contributed by atoms with E-state index < -0.39 is 25.5 Å². The Morgan fingerprint density at radius 3 is 1.28 bits per heavy atom. The summed E-state index contributed by atoms with van der Waals surface area (Å²) in [5.74, 6) is -0.960. The Kier molecular flexibility index (Phi) is 16.8. The Morgan fingerprint density at radius 2 is 1.06 bits per heavy atom. The Bertz CT molecular complexity index is 184. The van der Waals surface area contributed by atoms with Crippen LogP contribution < -0.4 is 0 Å². The van der Waals surface area contributed by atoms with Gasteiger partial charge in [-0.25, -0.2) is 0 Å². The van der Waals surface area contributed by atoms with Crippen molar-refractivity contribution < 1.29 is 39.5 Å². The lowest BCUT2D eigenvalue weighted by Crippen LogP contribution is -2.05. The third kappa shape index (κ3) is 17.2.